The van der Waals surface area contributed by atoms with Gasteiger partial charge in [0.25, 0.3) is 0 Å². The number of carbonyl (C=O) groups excluding carboxylic acids is 1. The molecule has 1 saturated carbocycles. The third kappa shape index (κ3) is 2.49. The highest BCUT2D eigenvalue weighted by Gasteiger charge is 2.46. The number of methoxy groups -OCH3 is 1. The Labute approximate surface area is 105 Å². The summed E-state index contributed by atoms with van der Waals surface area (Å²) in [5.74, 6) is 1.19. The van der Waals surface area contributed by atoms with Crippen molar-refractivity contribution in [3.8, 4) is 0 Å². The van der Waals surface area contributed by atoms with E-state index in [4.69, 9.17) is 4.74 Å². The summed E-state index contributed by atoms with van der Waals surface area (Å²) in [6, 6.07) is 0. The maximum Gasteiger partial charge on any atom is 0.231 e. The second-order valence-corrected chi connectivity index (χ2v) is 5.71. The van der Waals surface area contributed by atoms with Gasteiger partial charge in [-0.1, -0.05) is 19.8 Å². The molecule has 1 saturated heterocycles. The van der Waals surface area contributed by atoms with Gasteiger partial charge < -0.3 is 9.64 Å². The molecule has 3 nitrogen and oxygen atoms in total. The minimum atomic E-state index is -0.159. The zero-order valence-corrected chi connectivity index (χ0v) is 11.2. The molecular weight excluding hydrogens is 214 g/mol. The Morgan fingerprint density at radius 1 is 1.35 bits per heavy atom. The van der Waals surface area contributed by atoms with Crippen LogP contribution in [0, 0.1) is 11.3 Å². The number of ether oxygens (including phenoxy) is 1. The molecule has 0 spiro atoms. The van der Waals surface area contributed by atoms with E-state index >= 15 is 0 Å². The van der Waals surface area contributed by atoms with Crippen LogP contribution in [0.4, 0.5) is 0 Å². The maximum atomic E-state index is 12.5. The van der Waals surface area contributed by atoms with Crippen molar-refractivity contribution in [1.82, 2.24) is 4.90 Å². The van der Waals surface area contributed by atoms with E-state index in [1.807, 2.05) is 0 Å². The Morgan fingerprint density at radius 2 is 2.00 bits per heavy atom. The highest BCUT2D eigenvalue weighted by atomic mass is 16.5. The van der Waals surface area contributed by atoms with Gasteiger partial charge in [-0.3, -0.25) is 4.79 Å². The Kier molecular flexibility index (Phi) is 4.08. The molecular formula is C14H25NO2. The normalized spacial score (nSPS) is 24.5. The summed E-state index contributed by atoms with van der Waals surface area (Å²) < 4.78 is 5.26. The fourth-order valence-corrected chi connectivity index (χ4v) is 3.18. The molecule has 2 aliphatic rings. The highest BCUT2D eigenvalue weighted by molar-refractivity contribution is 5.83. The first-order valence-electron chi connectivity index (χ1n) is 7.00. The SMILES string of the molecule is CCC1CCN(C(=O)C2(COC)CCC2)CC1. The Bertz CT molecular complexity index is 265. The second kappa shape index (κ2) is 5.38. The quantitative estimate of drug-likeness (QED) is 0.754. The average molecular weight is 239 g/mol. The number of amides is 1. The molecule has 0 unspecified atom stereocenters. The van der Waals surface area contributed by atoms with Crippen molar-refractivity contribution in [3.63, 3.8) is 0 Å². The van der Waals surface area contributed by atoms with Crippen molar-refractivity contribution in [3.05, 3.63) is 0 Å². The van der Waals surface area contributed by atoms with Gasteiger partial charge in [-0.15, -0.1) is 0 Å². The van der Waals surface area contributed by atoms with Crippen molar-refractivity contribution >= 4 is 5.91 Å². The summed E-state index contributed by atoms with van der Waals surface area (Å²) in [5.41, 5.74) is -0.159. The van der Waals surface area contributed by atoms with Gasteiger partial charge in [0.05, 0.1) is 12.0 Å². The first kappa shape index (κ1) is 12.9. The van der Waals surface area contributed by atoms with E-state index in [1.54, 1.807) is 7.11 Å². The van der Waals surface area contributed by atoms with Crippen molar-refractivity contribution in [2.24, 2.45) is 11.3 Å². The summed E-state index contributed by atoms with van der Waals surface area (Å²) in [6.45, 7) is 4.78. The molecule has 0 atom stereocenters. The molecule has 2 fully saturated rings. The van der Waals surface area contributed by atoms with Crippen LogP contribution in [0.5, 0.6) is 0 Å². The minimum absolute atomic E-state index is 0.159. The van der Waals surface area contributed by atoms with Crippen LogP contribution in [0.1, 0.15) is 45.4 Å². The molecule has 3 heteroatoms. The molecule has 0 aromatic heterocycles. The van der Waals surface area contributed by atoms with Crippen molar-refractivity contribution in [2.45, 2.75) is 45.4 Å². The highest BCUT2D eigenvalue weighted by Crippen LogP contribution is 2.43. The van der Waals surface area contributed by atoms with Crippen LogP contribution < -0.4 is 0 Å². The number of piperidine rings is 1. The monoisotopic (exact) mass is 239 g/mol. The first-order valence-corrected chi connectivity index (χ1v) is 7.00. The van der Waals surface area contributed by atoms with Gasteiger partial charge >= 0.3 is 0 Å². The molecule has 1 heterocycles. The lowest BCUT2D eigenvalue weighted by molar-refractivity contribution is -0.153. The van der Waals surface area contributed by atoms with Gasteiger partial charge in [0, 0.05) is 20.2 Å². The number of rotatable bonds is 4. The topological polar surface area (TPSA) is 29.5 Å². The number of likely N-dealkylation sites (tertiary alicyclic amines) is 1. The van der Waals surface area contributed by atoms with Gasteiger partial charge in [-0.2, -0.15) is 0 Å². The van der Waals surface area contributed by atoms with Crippen LogP contribution in [-0.2, 0) is 9.53 Å². The summed E-state index contributed by atoms with van der Waals surface area (Å²) in [5, 5.41) is 0. The number of hydrogen-bond acceptors (Lipinski definition) is 2. The molecule has 1 aliphatic carbocycles. The fraction of sp³-hybridized carbons (Fsp3) is 0.929. The lowest BCUT2D eigenvalue weighted by Crippen LogP contribution is -2.52. The summed E-state index contributed by atoms with van der Waals surface area (Å²) >= 11 is 0. The molecule has 1 amide bonds. The van der Waals surface area contributed by atoms with Gasteiger partial charge in [0.1, 0.15) is 0 Å². The largest absolute Gasteiger partial charge is 0.384 e. The van der Waals surface area contributed by atoms with Crippen molar-refractivity contribution in [2.75, 3.05) is 26.8 Å². The predicted molar refractivity (Wildman–Crippen MR) is 67.8 cm³/mol. The average Bonchev–Trinajstić information content (AvgIpc) is 2.33. The van der Waals surface area contributed by atoms with Gasteiger partial charge in [-0.25, -0.2) is 0 Å². The molecule has 17 heavy (non-hydrogen) atoms. The molecule has 0 N–H and O–H groups in total. The molecule has 1 aliphatic heterocycles. The summed E-state index contributed by atoms with van der Waals surface area (Å²) in [7, 11) is 1.71. The Balaban J connectivity index is 1.91. The van der Waals surface area contributed by atoms with Crippen molar-refractivity contribution < 1.29 is 9.53 Å². The predicted octanol–water partition coefficient (Wildman–Crippen LogP) is 2.45. The van der Waals surface area contributed by atoms with E-state index < -0.39 is 0 Å². The molecule has 0 bridgehead atoms. The minimum Gasteiger partial charge on any atom is -0.384 e. The molecule has 0 aromatic carbocycles. The van der Waals surface area contributed by atoms with E-state index in [0.717, 1.165) is 31.8 Å². The lowest BCUT2D eigenvalue weighted by Gasteiger charge is -2.44. The fourth-order valence-electron chi connectivity index (χ4n) is 3.18. The van der Waals surface area contributed by atoms with Crippen LogP contribution in [-0.4, -0.2) is 37.6 Å². The van der Waals surface area contributed by atoms with E-state index in [2.05, 4.69) is 11.8 Å². The van der Waals surface area contributed by atoms with Crippen molar-refractivity contribution in [1.29, 1.82) is 0 Å². The standard InChI is InChI=1S/C14H25NO2/c1-3-12-5-9-15(10-6-12)13(16)14(11-17-2)7-4-8-14/h12H,3-11H2,1-2H3. The van der Waals surface area contributed by atoms with Crippen LogP contribution in [0.2, 0.25) is 0 Å². The molecule has 0 aromatic rings. The van der Waals surface area contributed by atoms with E-state index in [-0.39, 0.29) is 5.41 Å². The number of carbonyl (C=O) groups is 1. The Hall–Kier alpha value is -0.570. The zero-order chi connectivity index (χ0) is 12.3. The van der Waals surface area contributed by atoms with Crippen LogP contribution >= 0.6 is 0 Å². The number of hydrogen-bond donors (Lipinski definition) is 0. The maximum absolute atomic E-state index is 12.5. The smallest absolute Gasteiger partial charge is 0.231 e. The van der Waals surface area contributed by atoms with Crippen LogP contribution in [0.3, 0.4) is 0 Å². The molecule has 98 valence electrons. The molecule has 2 rings (SSSR count). The third-order valence-electron chi connectivity index (χ3n) is 4.66. The van der Waals surface area contributed by atoms with Gasteiger partial charge in [0.2, 0.25) is 5.91 Å². The first-order chi connectivity index (χ1) is 8.22. The summed E-state index contributed by atoms with van der Waals surface area (Å²) in [4.78, 5) is 14.6. The third-order valence-corrected chi connectivity index (χ3v) is 4.66. The zero-order valence-electron chi connectivity index (χ0n) is 11.2. The van der Waals surface area contributed by atoms with E-state index in [9.17, 15) is 4.79 Å². The lowest BCUT2D eigenvalue weighted by atomic mass is 9.68. The van der Waals surface area contributed by atoms with E-state index in [0.29, 0.717) is 12.5 Å². The molecule has 0 radical (unpaired) electrons. The van der Waals surface area contributed by atoms with Crippen LogP contribution in [0.15, 0.2) is 0 Å². The Morgan fingerprint density at radius 3 is 2.41 bits per heavy atom. The van der Waals surface area contributed by atoms with E-state index in [1.165, 1.54) is 25.7 Å². The number of nitrogens with zero attached hydrogens (tertiary/aromatic N) is 1. The van der Waals surface area contributed by atoms with Crippen LogP contribution in [0.25, 0.3) is 0 Å². The van der Waals surface area contributed by atoms with Gasteiger partial charge in [-0.05, 0) is 31.6 Å². The summed E-state index contributed by atoms with van der Waals surface area (Å²) in [6.07, 6.45) is 6.85. The van der Waals surface area contributed by atoms with Gasteiger partial charge in [0.15, 0.2) is 0 Å². The second-order valence-electron chi connectivity index (χ2n) is 5.71.